The van der Waals surface area contributed by atoms with E-state index in [0.29, 0.717) is 18.2 Å². The predicted octanol–water partition coefficient (Wildman–Crippen LogP) is 4.95. The molecule has 1 fully saturated rings. The van der Waals surface area contributed by atoms with Gasteiger partial charge < -0.3 is 25.0 Å². The number of fused-ring (bicyclic) bond motifs is 1. The quantitative estimate of drug-likeness (QED) is 0.532. The molecule has 182 valence electrons. The van der Waals surface area contributed by atoms with Crippen LogP contribution in [-0.2, 0) is 0 Å². The van der Waals surface area contributed by atoms with Gasteiger partial charge in [-0.1, -0.05) is 29.8 Å². The number of hydrogen-bond acceptors (Lipinski definition) is 5. The number of benzene rings is 3. The van der Waals surface area contributed by atoms with E-state index in [4.69, 9.17) is 9.47 Å². The summed E-state index contributed by atoms with van der Waals surface area (Å²) in [6, 6.07) is 22.4. The Bertz CT molecular complexity index is 1170. The van der Waals surface area contributed by atoms with Crippen molar-refractivity contribution in [1.82, 2.24) is 5.32 Å². The summed E-state index contributed by atoms with van der Waals surface area (Å²) in [5.41, 5.74) is 4.86. The summed E-state index contributed by atoms with van der Waals surface area (Å²) in [6.07, 6.45) is 2.19. The van der Waals surface area contributed by atoms with Crippen LogP contribution < -0.4 is 25.0 Å². The van der Waals surface area contributed by atoms with E-state index in [9.17, 15) is 4.79 Å². The molecule has 1 atom stereocenters. The van der Waals surface area contributed by atoms with Crippen molar-refractivity contribution in [3.05, 3.63) is 83.4 Å². The molecule has 0 spiro atoms. The van der Waals surface area contributed by atoms with Crippen molar-refractivity contribution in [3.8, 4) is 11.5 Å². The minimum Gasteiger partial charge on any atom is -0.486 e. The maximum Gasteiger partial charge on any atom is 0.255 e. The van der Waals surface area contributed by atoms with E-state index in [-0.39, 0.29) is 12.0 Å². The Labute approximate surface area is 207 Å². The molecule has 1 amide bonds. The Morgan fingerprint density at radius 3 is 2.46 bits per heavy atom. The van der Waals surface area contributed by atoms with Crippen molar-refractivity contribution in [3.63, 3.8) is 0 Å². The van der Waals surface area contributed by atoms with E-state index in [1.165, 1.54) is 5.69 Å². The fraction of sp³-hybridized carbons (Fsp3) is 0.345. The van der Waals surface area contributed by atoms with Crippen molar-refractivity contribution in [1.29, 1.82) is 0 Å². The first-order valence-corrected chi connectivity index (χ1v) is 12.4. The van der Waals surface area contributed by atoms with Crippen molar-refractivity contribution >= 4 is 17.3 Å². The molecular weight excluding hydrogens is 438 g/mol. The van der Waals surface area contributed by atoms with Gasteiger partial charge in [0.25, 0.3) is 5.91 Å². The average molecular weight is 472 g/mol. The summed E-state index contributed by atoms with van der Waals surface area (Å²) in [5.74, 6) is 1.58. The number of para-hydroxylation sites is 2. The van der Waals surface area contributed by atoms with Crippen LogP contribution in [0.15, 0.2) is 66.7 Å². The number of rotatable bonds is 6. The number of piperidine rings is 1. The van der Waals surface area contributed by atoms with E-state index >= 15 is 0 Å². The summed E-state index contributed by atoms with van der Waals surface area (Å²) in [6.45, 7) is 7.36. The summed E-state index contributed by atoms with van der Waals surface area (Å²) in [4.78, 5) is 15.1. The van der Waals surface area contributed by atoms with Crippen LogP contribution >= 0.6 is 0 Å². The van der Waals surface area contributed by atoms with Crippen LogP contribution in [0.1, 0.15) is 34.3 Å². The second kappa shape index (κ2) is 10.4. The van der Waals surface area contributed by atoms with Gasteiger partial charge in [-0.15, -0.1) is 0 Å². The number of nitrogens with one attached hydrogen (secondary N) is 2. The first kappa shape index (κ1) is 23.2. The third kappa shape index (κ3) is 5.60. The molecule has 2 N–H and O–H groups in total. The van der Waals surface area contributed by atoms with Crippen LogP contribution in [-0.4, -0.2) is 44.3 Å². The van der Waals surface area contributed by atoms with Gasteiger partial charge in [-0.3, -0.25) is 4.79 Å². The normalized spacial score (nSPS) is 17.8. The zero-order valence-corrected chi connectivity index (χ0v) is 20.4. The number of amides is 1. The third-order valence-electron chi connectivity index (χ3n) is 6.81. The lowest BCUT2D eigenvalue weighted by molar-refractivity contribution is 0.0873. The van der Waals surface area contributed by atoms with Crippen LogP contribution in [0.25, 0.3) is 0 Å². The smallest absolute Gasteiger partial charge is 0.255 e. The van der Waals surface area contributed by atoms with E-state index in [0.717, 1.165) is 60.8 Å². The van der Waals surface area contributed by atoms with Crippen molar-refractivity contribution in [2.45, 2.75) is 38.8 Å². The zero-order chi connectivity index (χ0) is 24.2. The SMILES string of the molecule is Cc1ccc(C(=O)Nc2ccc(N3CCC(NC[C@H]4COc5ccccc5O4)CC3)cc2)c(C)c1. The Hall–Kier alpha value is -3.51. The van der Waals surface area contributed by atoms with Gasteiger partial charge in [0, 0.05) is 42.6 Å². The van der Waals surface area contributed by atoms with Gasteiger partial charge in [-0.05, 0) is 74.7 Å². The molecule has 0 aromatic heterocycles. The molecule has 2 heterocycles. The first-order chi connectivity index (χ1) is 17.0. The van der Waals surface area contributed by atoms with E-state index < -0.39 is 0 Å². The van der Waals surface area contributed by atoms with E-state index in [1.807, 2.05) is 68.4 Å². The predicted molar refractivity (Wildman–Crippen MR) is 140 cm³/mol. The molecular formula is C29H33N3O3. The lowest BCUT2D eigenvalue weighted by Gasteiger charge is -2.35. The second-order valence-corrected chi connectivity index (χ2v) is 9.49. The molecule has 5 rings (SSSR count). The van der Waals surface area contributed by atoms with Crippen molar-refractivity contribution < 1.29 is 14.3 Å². The van der Waals surface area contributed by atoms with Crippen molar-refractivity contribution in [2.75, 3.05) is 36.5 Å². The van der Waals surface area contributed by atoms with Crippen LogP contribution in [0.2, 0.25) is 0 Å². The van der Waals surface area contributed by atoms with Gasteiger partial charge in [0.05, 0.1) is 0 Å². The number of carbonyl (C=O) groups excluding carboxylic acids is 1. The van der Waals surface area contributed by atoms with Gasteiger partial charge in [-0.2, -0.15) is 0 Å². The molecule has 35 heavy (non-hydrogen) atoms. The molecule has 0 bridgehead atoms. The number of ether oxygens (including phenoxy) is 2. The molecule has 3 aromatic rings. The minimum atomic E-state index is -0.0713. The Morgan fingerprint density at radius 2 is 1.71 bits per heavy atom. The van der Waals surface area contributed by atoms with Gasteiger partial charge >= 0.3 is 0 Å². The molecule has 0 unspecified atom stereocenters. The highest BCUT2D eigenvalue weighted by Gasteiger charge is 2.24. The maximum absolute atomic E-state index is 12.7. The van der Waals surface area contributed by atoms with E-state index in [2.05, 4.69) is 27.7 Å². The van der Waals surface area contributed by atoms with Gasteiger partial charge in [-0.25, -0.2) is 0 Å². The lowest BCUT2D eigenvalue weighted by atomic mass is 10.0. The number of hydrogen-bond donors (Lipinski definition) is 2. The Morgan fingerprint density at radius 1 is 0.971 bits per heavy atom. The second-order valence-electron chi connectivity index (χ2n) is 9.49. The maximum atomic E-state index is 12.7. The highest BCUT2D eigenvalue weighted by Crippen LogP contribution is 2.31. The number of carbonyl (C=O) groups is 1. The molecule has 2 aliphatic rings. The molecule has 2 aliphatic heterocycles. The standard InChI is InChI=1S/C29H33N3O3/c1-20-7-12-26(21(2)17-20)29(33)31-23-8-10-24(11-9-23)32-15-13-22(14-16-32)30-18-25-19-34-27-5-3-4-6-28(27)35-25/h3-12,17,22,25,30H,13-16,18-19H2,1-2H3,(H,31,33)/t25-/m0/s1. The molecule has 3 aromatic carbocycles. The Kier molecular flexibility index (Phi) is 6.91. The fourth-order valence-electron chi connectivity index (χ4n) is 4.83. The highest BCUT2D eigenvalue weighted by molar-refractivity contribution is 6.05. The molecule has 1 saturated heterocycles. The molecule has 6 heteroatoms. The van der Waals surface area contributed by atoms with Crippen LogP contribution in [0.4, 0.5) is 11.4 Å². The third-order valence-corrected chi connectivity index (χ3v) is 6.81. The highest BCUT2D eigenvalue weighted by atomic mass is 16.6. The number of aryl methyl sites for hydroxylation is 2. The van der Waals surface area contributed by atoms with Crippen LogP contribution in [0.5, 0.6) is 11.5 Å². The summed E-state index contributed by atoms with van der Waals surface area (Å²) >= 11 is 0. The summed E-state index contributed by atoms with van der Waals surface area (Å²) in [5, 5.41) is 6.69. The average Bonchev–Trinajstić information content (AvgIpc) is 2.88. The molecule has 0 radical (unpaired) electrons. The summed E-state index contributed by atoms with van der Waals surface area (Å²) < 4.78 is 11.9. The van der Waals surface area contributed by atoms with Crippen LogP contribution in [0, 0.1) is 13.8 Å². The fourth-order valence-corrected chi connectivity index (χ4v) is 4.83. The summed E-state index contributed by atoms with van der Waals surface area (Å²) in [7, 11) is 0. The van der Waals surface area contributed by atoms with Gasteiger partial charge in [0.1, 0.15) is 12.7 Å². The van der Waals surface area contributed by atoms with Gasteiger partial charge in [0.15, 0.2) is 11.5 Å². The van der Waals surface area contributed by atoms with Crippen molar-refractivity contribution in [2.24, 2.45) is 0 Å². The molecule has 0 saturated carbocycles. The van der Waals surface area contributed by atoms with E-state index in [1.54, 1.807) is 0 Å². The lowest BCUT2D eigenvalue weighted by Crippen LogP contribution is -2.47. The first-order valence-electron chi connectivity index (χ1n) is 12.4. The number of nitrogens with zero attached hydrogens (tertiary/aromatic N) is 1. The topological polar surface area (TPSA) is 62.8 Å². The molecule has 6 nitrogen and oxygen atoms in total. The largest absolute Gasteiger partial charge is 0.486 e. The van der Waals surface area contributed by atoms with Crippen LogP contribution in [0.3, 0.4) is 0 Å². The Balaban J connectivity index is 1.08. The minimum absolute atomic E-state index is 0.0365. The molecule has 0 aliphatic carbocycles. The number of anilines is 2. The zero-order valence-electron chi connectivity index (χ0n) is 20.4. The monoisotopic (exact) mass is 471 g/mol. The van der Waals surface area contributed by atoms with Gasteiger partial charge in [0.2, 0.25) is 0 Å².